The van der Waals surface area contributed by atoms with Gasteiger partial charge in [-0.15, -0.1) is 6.58 Å². The number of carbonyl (C=O) groups excluding carboxylic acids is 1. The molecule has 0 atom stereocenters. The van der Waals surface area contributed by atoms with E-state index in [1.807, 2.05) is 50.3 Å². The molecule has 5 nitrogen and oxygen atoms in total. The van der Waals surface area contributed by atoms with Crippen LogP contribution in [-0.4, -0.2) is 30.1 Å². The van der Waals surface area contributed by atoms with Gasteiger partial charge in [0.25, 0.3) is 0 Å². The number of benzene rings is 2. The van der Waals surface area contributed by atoms with Gasteiger partial charge < -0.3 is 14.6 Å². The molecule has 5 heteroatoms. The molecule has 156 valence electrons. The first kappa shape index (κ1) is 22.7. The minimum atomic E-state index is -1.13. The molecule has 0 saturated carbocycles. The number of ether oxygens (including phenoxy) is 2. The molecule has 2 rings (SSSR count). The van der Waals surface area contributed by atoms with Gasteiger partial charge in [-0.05, 0) is 55.7 Å². The van der Waals surface area contributed by atoms with Crippen LogP contribution in [0.15, 0.2) is 72.8 Å². The van der Waals surface area contributed by atoms with E-state index in [9.17, 15) is 9.59 Å². The monoisotopic (exact) mass is 406 g/mol. The summed E-state index contributed by atoms with van der Waals surface area (Å²) >= 11 is 0. The fraction of sp³-hybridized carbons (Fsp3) is 0.200. The van der Waals surface area contributed by atoms with E-state index in [0.717, 1.165) is 23.1 Å². The minimum absolute atomic E-state index is 0.170. The number of allylic oxidation sites excluding steroid dienone is 3. The van der Waals surface area contributed by atoms with E-state index in [-0.39, 0.29) is 17.1 Å². The molecule has 0 bridgehead atoms. The lowest BCUT2D eigenvalue weighted by molar-refractivity contribution is -0.139. The van der Waals surface area contributed by atoms with Crippen molar-refractivity contribution in [2.24, 2.45) is 0 Å². The Bertz CT molecular complexity index is 948. The Labute approximate surface area is 177 Å². The molecule has 0 unspecified atom stereocenters. The first-order valence-electron chi connectivity index (χ1n) is 9.56. The normalized spacial score (nSPS) is 10.5. The van der Waals surface area contributed by atoms with Crippen LogP contribution in [0.5, 0.6) is 11.5 Å². The number of carboxylic acids is 1. The van der Waals surface area contributed by atoms with Crippen LogP contribution in [0.25, 0.3) is 6.08 Å². The van der Waals surface area contributed by atoms with Crippen molar-refractivity contribution < 1.29 is 24.2 Å². The number of hydrogen-bond acceptors (Lipinski definition) is 4. The number of carboxylic acid groups (broad SMARTS) is 1. The van der Waals surface area contributed by atoms with Crippen LogP contribution in [-0.2, 0) is 11.2 Å². The number of ketones is 1. The van der Waals surface area contributed by atoms with Crippen molar-refractivity contribution in [3.63, 3.8) is 0 Å². The molecule has 0 aliphatic carbocycles. The average molecular weight is 406 g/mol. The predicted molar refractivity (Wildman–Crippen MR) is 118 cm³/mol. The lowest BCUT2D eigenvalue weighted by Crippen LogP contribution is -2.12. The Morgan fingerprint density at radius 2 is 1.80 bits per heavy atom. The maximum absolute atomic E-state index is 12.7. The first-order valence-corrected chi connectivity index (χ1v) is 9.56. The second kappa shape index (κ2) is 11.4. The summed E-state index contributed by atoms with van der Waals surface area (Å²) in [5.41, 5.74) is 3.41. The Morgan fingerprint density at radius 3 is 2.43 bits per heavy atom. The molecule has 30 heavy (non-hydrogen) atoms. The van der Waals surface area contributed by atoms with Crippen LogP contribution < -0.4 is 9.47 Å². The molecule has 0 fully saturated rings. The number of carbonyl (C=O) groups is 2. The van der Waals surface area contributed by atoms with Crippen LogP contribution >= 0.6 is 0 Å². The minimum Gasteiger partial charge on any atom is -0.489 e. The van der Waals surface area contributed by atoms with Gasteiger partial charge in [-0.3, -0.25) is 4.79 Å². The summed E-state index contributed by atoms with van der Waals surface area (Å²) in [7, 11) is 0. The third kappa shape index (κ3) is 7.43. The highest BCUT2D eigenvalue weighted by Gasteiger charge is 2.13. The molecule has 2 aromatic rings. The highest BCUT2D eigenvalue weighted by Crippen LogP contribution is 2.26. The van der Waals surface area contributed by atoms with Gasteiger partial charge in [-0.1, -0.05) is 42.0 Å². The lowest BCUT2D eigenvalue weighted by Gasteiger charge is -2.11. The number of hydrogen-bond donors (Lipinski definition) is 1. The summed E-state index contributed by atoms with van der Waals surface area (Å²) in [5, 5.41) is 8.92. The Balaban J connectivity index is 2.19. The van der Waals surface area contributed by atoms with Crippen LogP contribution in [0.3, 0.4) is 0 Å². The second-order valence-corrected chi connectivity index (χ2v) is 6.86. The fourth-order valence-electron chi connectivity index (χ4n) is 2.55. The Morgan fingerprint density at radius 1 is 1.07 bits per heavy atom. The van der Waals surface area contributed by atoms with E-state index < -0.39 is 12.6 Å². The van der Waals surface area contributed by atoms with Crippen molar-refractivity contribution in [2.75, 3.05) is 13.2 Å². The topological polar surface area (TPSA) is 72.8 Å². The summed E-state index contributed by atoms with van der Waals surface area (Å²) in [6.45, 7) is 7.47. The van der Waals surface area contributed by atoms with E-state index in [1.165, 1.54) is 12.1 Å². The quantitative estimate of drug-likeness (QED) is 0.319. The van der Waals surface area contributed by atoms with Gasteiger partial charge in [0.15, 0.2) is 12.4 Å². The number of aliphatic carboxylic acids is 1. The Hall–Kier alpha value is -3.60. The van der Waals surface area contributed by atoms with Gasteiger partial charge in [-0.25, -0.2) is 4.79 Å². The molecule has 2 aromatic carbocycles. The predicted octanol–water partition coefficient (Wildman–Crippen LogP) is 5.12. The second-order valence-electron chi connectivity index (χ2n) is 6.86. The standard InChI is InChI=1S/C25H26O5/c1-4-5-19-6-8-20(9-7-19)10-13-23(26)22-12-11-21(29-15-14-18(2)3)16-24(22)30-17-25(27)28/h4,6-14,16H,1,5,15,17H2,2-3H3,(H,27,28). The van der Waals surface area contributed by atoms with Crippen LogP contribution in [0.4, 0.5) is 0 Å². The zero-order valence-electron chi connectivity index (χ0n) is 17.3. The zero-order chi connectivity index (χ0) is 21.9. The molecule has 0 aliphatic rings. The molecule has 0 aliphatic heterocycles. The summed E-state index contributed by atoms with van der Waals surface area (Å²) in [6.07, 6.45) is 7.69. The van der Waals surface area contributed by atoms with Crippen molar-refractivity contribution in [2.45, 2.75) is 20.3 Å². The molecular weight excluding hydrogens is 380 g/mol. The number of rotatable bonds is 11. The van der Waals surface area contributed by atoms with Gasteiger partial charge in [0.1, 0.15) is 18.1 Å². The van der Waals surface area contributed by atoms with Crippen LogP contribution in [0, 0.1) is 0 Å². The maximum Gasteiger partial charge on any atom is 0.341 e. The van der Waals surface area contributed by atoms with E-state index in [4.69, 9.17) is 14.6 Å². The molecule has 0 aromatic heterocycles. The molecule has 0 heterocycles. The molecule has 0 spiro atoms. The molecule has 0 saturated heterocycles. The third-order valence-electron chi connectivity index (χ3n) is 4.10. The van der Waals surface area contributed by atoms with Crippen LogP contribution in [0.1, 0.15) is 35.3 Å². The summed E-state index contributed by atoms with van der Waals surface area (Å²) < 4.78 is 10.9. The third-order valence-corrected chi connectivity index (χ3v) is 4.10. The highest BCUT2D eigenvalue weighted by molar-refractivity contribution is 6.08. The van der Waals surface area contributed by atoms with E-state index in [0.29, 0.717) is 12.4 Å². The summed E-state index contributed by atoms with van der Waals surface area (Å²) in [6, 6.07) is 12.6. The van der Waals surface area contributed by atoms with Crippen molar-refractivity contribution in [3.8, 4) is 11.5 Å². The van der Waals surface area contributed by atoms with Crippen LogP contribution in [0.2, 0.25) is 0 Å². The van der Waals surface area contributed by atoms with Crippen molar-refractivity contribution in [3.05, 3.63) is 89.5 Å². The van der Waals surface area contributed by atoms with E-state index in [1.54, 1.807) is 18.2 Å². The van der Waals surface area contributed by atoms with Crippen molar-refractivity contribution in [1.29, 1.82) is 0 Å². The summed E-state index contributed by atoms with van der Waals surface area (Å²) in [4.78, 5) is 23.6. The first-order chi connectivity index (χ1) is 14.4. The molecular formula is C25H26O5. The van der Waals surface area contributed by atoms with Crippen molar-refractivity contribution >= 4 is 17.8 Å². The van der Waals surface area contributed by atoms with Gasteiger partial charge in [-0.2, -0.15) is 0 Å². The molecule has 0 radical (unpaired) electrons. The Kier molecular flexibility index (Phi) is 8.63. The average Bonchev–Trinajstić information content (AvgIpc) is 2.71. The fourth-order valence-corrected chi connectivity index (χ4v) is 2.55. The molecule has 1 N–H and O–H groups in total. The van der Waals surface area contributed by atoms with Crippen molar-refractivity contribution in [1.82, 2.24) is 0 Å². The maximum atomic E-state index is 12.7. The summed E-state index contributed by atoms with van der Waals surface area (Å²) in [5.74, 6) is -0.755. The van der Waals surface area contributed by atoms with Gasteiger partial charge in [0.05, 0.1) is 5.56 Å². The van der Waals surface area contributed by atoms with Gasteiger partial charge in [0, 0.05) is 6.07 Å². The van der Waals surface area contributed by atoms with Gasteiger partial charge in [0.2, 0.25) is 0 Å². The van der Waals surface area contributed by atoms with Gasteiger partial charge >= 0.3 is 5.97 Å². The molecule has 0 amide bonds. The zero-order valence-corrected chi connectivity index (χ0v) is 17.3. The largest absolute Gasteiger partial charge is 0.489 e. The SMILES string of the molecule is C=CCc1ccc(C=CC(=O)c2ccc(OCC=C(C)C)cc2OCC(=O)O)cc1. The smallest absolute Gasteiger partial charge is 0.341 e. The van der Waals surface area contributed by atoms with E-state index in [2.05, 4.69) is 6.58 Å². The van der Waals surface area contributed by atoms with E-state index >= 15 is 0 Å². The lowest BCUT2D eigenvalue weighted by atomic mass is 10.1. The highest BCUT2D eigenvalue weighted by atomic mass is 16.5.